The van der Waals surface area contributed by atoms with Gasteiger partial charge in [0.25, 0.3) is 0 Å². The molecule has 7 aromatic carbocycles. The van der Waals surface area contributed by atoms with Gasteiger partial charge in [0.2, 0.25) is 0 Å². The molecule has 4 nitrogen and oxygen atoms in total. The van der Waals surface area contributed by atoms with Crippen molar-refractivity contribution in [3.05, 3.63) is 179 Å². The molecule has 2 unspecified atom stereocenters. The molecule has 9 aromatic rings. The minimum absolute atomic E-state index is 0.0580. The molecule has 4 heteroatoms. The molecule has 0 amide bonds. The normalized spacial score (nSPS) is 17.5. The van der Waals surface area contributed by atoms with Crippen molar-refractivity contribution in [3.63, 3.8) is 0 Å². The zero-order valence-corrected chi connectivity index (χ0v) is 30.4. The number of benzene rings is 7. The summed E-state index contributed by atoms with van der Waals surface area (Å²) in [5.41, 5.74) is 16.0. The molecule has 0 spiro atoms. The number of nitrogens with one attached hydrogen (secondary N) is 1. The van der Waals surface area contributed by atoms with Gasteiger partial charge in [-0.05, 0) is 81.4 Å². The molecule has 1 N–H and O–H groups in total. The number of rotatable bonds is 4. The highest BCUT2D eigenvalue weighted by Gasteiger charge is 2.37. The van der Waals surface area contributed by atoms with Gasteiger partial charge >= 0.3 is 0 Å². The zero-order chi connectivity index (χ0) is 36.1. The number of aromatic nitrogens is 1. The van der Waals surface area contributed by atoms with Crippen LogP contribution in [0.4, 0.5) is 0 Å². The second-order valence-electron chi connectivity index (χ2n) is 15.5. The van der Waals surface area contributed by atoms with Crippen LogP contribution in [0.15, 0.2) is 166 Å². The molecule has 0 fully saturated rings. The average Bonchev–Trinajstić information content (AvgIpc) is 3.85. The van der Waals surface area contributed by atoms with Gasteiger partial charge in [0.05, 0.1) is 11.8 Å². The van der Waals surface area contributed by atoms with Crippen LogP contribution in [0.5, 0.6) is 0 Å². The van der Waals surface area contributed by atoms with Crippen LogP contribution >= 0.6 is 0 Å². The standard InChI is InChI=1S/C50H37N3O/c1-29-47(30-12-5-4-6-13-30)52-49(53-48(29)33-20-22-36-35-16-8-10-19-43(35)54-44(36)28-33)34-15-11-14-31(26-34)32-21-23-39-38(27-32)45-40(50(39,2)3)24-25-42-46(45)37-17-7-9-18-41(37)51-42/h4-29,47,51H,1-3H3. The topological polar surface area (TPSA) is 53.6 Å². The fourth-order valence-electron chi connectivity index (χ4n) is 9.20. The van der Waals surface area contributed by atoms with Crippen LogP contribution in [0.3, 0.4) is 0 Å². The highest BCUT2D eigenvalue weighted by Crippen LogP contribution is 2.53. The van der Waals surface area contributed by atoms with Crippen molar-refractivity contribution in [1.82, 2.24) is 4.98 Å². The lowest BCUT2D eigenvalue weighted by Crippen LogP contribution is -2.26. The van der Waals surface area contributed by atoms with Gasteiger partial charge in [-0.1, -0.05) is 130 Å². The number of amidine groups is 1. The van der Waals surface area contributed by atoms with E-state index in [1.807, 2.05) is 12.1 Å². The summed E-state index contributed by atoms with van der Waals surface area (Å²) in [5.74, 6) is 0.805. The molecule has 1 aliphatic carbocycles. The minimum Gasteiger partial charge on any atom is -0.456 e. The van der Waals surface area contributed by atoms with E-state index in [-0.39, 0.29) is 17.4 Å². The van der Waals surface area contributed by atoms with Gasteiger partial charge in [0, 0.05) is 55.0 Å². The Morgan fingerprint density at radius 1 is 0.574 bits per heavy atom. The fourth-order valence-corrected chi connectivity index (χ4v) is 9.20. The first-order valence-corrected chi connectivity index (χ1v) is 18.8. The number of para-hydroxylation sites is 2. The van der Waals surface area contributed by atoms with Gasteiger partial charge in [-0.25, -0.2) is 4.99 Å². The lowest BCUT2D eigenvalue weighted by Gasteiger charge is -2.28. The van der Waals surface area contributed by atoms with E-state index in [2.05, 4.69) is 165 Å². The van der Waals surface area contributed by atoms with Crippen molar-refractivity contribution < 1.29 is 4.42 Å². The predicted octanol–water partition coefficient (Wildman–Crippen LogP) is 12.8. The Hall–Kier alpha value is -6.52. The van der Waals surface area contributed by atoms with Crippen LogP contribution in [0.1, 0.15) is 54.6 Å². The van der Waals surface area contributed by atoms with Crippen LogP contribution in [0.25, 0.3) is 66.0 Å². The Bertz CT molecular complexity index is 3050. The fraction of sp³-hybridized carbons (Fsp3) is 0.120. The lowest BCUT2D eigenvalue weighted by molar-refractivity contribution is 0.592. The number of nitrogens with zero attached hydrogens (tertiary/aromatic N) is 2. The Labute approximate surface area is 313 Å². The number of fused-ring (bicyclic) bond motifs is 10. The summed E-state index contributed by atoms with van der Waals surface area (Å²) < 4.78 is 6.33. The van der Waals surface area contributed by atoms with Crippen molar-refractivity contribution in [2.24, 2.45) is 15.9 Å². The highest BCUT2D eigenvalue weighted by molar-refractivity contribution is 6.18. The largest absolute Gasteiger partial charge is 0.456 e. The van der Waals surface area contributed by atoms with Gasteiger partial charge in [-0.2, -0.15) is 0 Å². The van der Waals surface area contributed by atoms with Gasteiger partial charge < -0.3 is 9.40 Å². The second kappa shape index (κ2) is 11.5. The van der Waals surface area contributed by atoms with E-state index in [0.29, 0.717) is 0 Å². The zero-order valence-electron chi connectivity index (χ0n) is 30.4. The van der Waals surface area contributed by atoms with Crippen molar-refractivity contribution in [2.75, 3.05) is 0 Å². The Morgan fingerprint density at radius 2 is 1.30 bits per heavy atom. The third kappa shape index (κ3) is 4.56. The second-order valence-corrected chi connectivity index (χ2v) is 15.5. The first-order valence-electron chi connectivity index (χ1n) is 18.8. The maximum atomic E-state index is 6.33. The third-order valence-electron chi connectivity index (χ3n) is 12.0. The summed E-state index contributed by atoms with van der Waals surface area (Å²) in [6, 6.07) is 54.3. The van der Waals surface area contributed by atoms with E-state index in [9.17, 15) is 0 Å². The van der Waals surface area contributed by atoms with E-state index in [4.69, 9.17) is 14.4 Å². The van der Waals surface area contributed by atoms with Gasteiger partial charge in [-0.3, -0.25) is 4.99 Å². The van der Waals surface area contributed by atoms with E-state index in [1.54, 1.807) is 0 Å². The molecule has 0 radical (unpaired) electrons. The average molecular weight is 696 g/mol. The molecule has 258 valence electrons. The molecule has 11 rings (SSSR count). The van der Waals surface area contributed by atoms with Gasteiger partial charge in [0.1, 0.15) is 11.2 Å². The summed E-state index contributed by atoms with van der Waals surface area (Å²) in [6.07, 6.45) is 0. The summed E-state index contributed by atoms with van der Waals surface area (Å²) in [7, 11) is 0. The number of hydrogen-bond donors (Lipinski definition) is 1. The summed E-state index contributed by atoms with van der Waals surface area (Å²) >= 11 is 0. The van der Waals surface area contributed by atoms with Crippen LogP contribution in [-0.2, 0) is 5.41 Å². The van der Waals surface area contributed by atoms with Crippen molar-refractivity contribution in [3.8, 4) is 22.3 Å². The molecule has 2 aliphatic rings. The SMILES string of the molecule is CC1C(c2ccc3c(c2)oc2ccccc23)=NC(c2cccc(-c3ccc4c(c3)-c3c(ccc5[nH]c6ccccc6c35)C4(C)C)c2)=NC1c1ccccc1. The van der Waals surface area contributed by atoms with E-state index in [0.717, 1.165) is 50.2 Å². The molecule has 2 aromatic heterocycles. The summed E-state index contributed by atoms with van der Waals surface area (Å²) in [4.78, 5) is 14.4. The van der Waals surface area contributed by atoms with Crippen molar-refractivity contribution >= 4 is 55.3 Å². The van der Waals surface area contributed by atoms with E-state index in [1.165, 1.54) is 55.2 Å². The van der Waals surface area contributed by atoms with Gasteiger partial charge in [-0.15, -0.1) is 0 Å². The maximum Gasteiger partial charge on any atom is 0.155 e. The first kappa shape index (κ1) is 31.0. The molecule has 3 heterocycles. The number of aromatic amines is 1. The maximum absolute atomic E-state index is 6.33. The molecule has 1 aliphatic heterocycles. The van der Waals surface area contributed by atoms with E-state index >= 15 is 0 Å². The van der Waals surface area contributed by atoms with E-state index < -0.39 is 0 Å². The predicted molar refractivity (Wildman–Crippen MR) is 224 cm³/mol. The van der Waals surface area contributed by atoms with Crippen molar-refractivity contribution in [1.29, 1.82) is 0 Å². The number of furan rings is 1. The monoisotopic (exact) mass is 695 g/mol. The number of hydrogen-bond acceptors (Lipinski definition) is 3. The van der Waals surface area contributed by atoms with Crippen LogP contribution < -0.4 is 0 Å². The van der Waals surface area contributed by atoms with Crippen molar-refractivity contribution in [2.45, 2.75) is 32.2 Å². The Kier molecular flexibility index (Phi) is 6.60. The first-order chi connectivity index (χ1) is 26.4. The van der Waals surface area contributed by atoms with Gasteiger partial charge in [0.15, 0.2) is 5.84 Å². The molecule has 0 saturated heterocycles. The minimum atomic E-state index is -0.103. The molecular formula is C50H37N3O. The Morgan fingerprint density at radius 3 is 2.19 bits per heavy atom. The van der Waals surface area contributed by atoms with Crippen LogP contribution in [0.2, 0.25) is 0 Å². The quantitative estimate of drug-likeness (QED) is 0.196. The highest BCUT2D eigenvalue weighted by atomic mass is 16.3. The van der Waals surface area contributed by atoms with Crippen LogP contribution in [-0.4, -0.2) is 16.5 Å². The lowest BCUT2D eigenvalue weighted by atomic mass is 9.82. The summed E-state index contributed by atoms with van der Waals surface area (Å²) in [6.45, 7) is 6.95. The third-order valence-corrected chi connectivity index (χ3v) is 12.0. The molecule has 54 heavy (non-hydrogen) atoms. The van der Waals surface area contributed by atoms with Crippen LogP contribution in [0, 0.1) is 5.92 Å². The smallest absolute Gasteiger partial charge is 0.155 e. The summed E-state index contributed by atoms with van der Waals surface area (Å²) in [5, 5.41) is 4.82. The molecular weight excluding hydrogens is 659 g/mol. The number of aliphatic imine (C=N–C) groups is 2. The molecule has 0 saturated carbocycles. The number of H-pyrrole nitrogens is 1. The Balaban J connectivity index is 1.04. The molecule has 0 bridgehead atoms. The molecule has 2 atom stereocenters.